The van der Waals surface area contributed by atoms with Gasteiger partial charge in [-0.15, -0.1) is 16.8 Å². The van der Waals surface area contributed by atoms with E-state index in [0.717, 1.165) is 11.4 Å². The van der Waals surface area contributed by atoms with Gasteiger partial charge in [-0.3, -0.25) is 9.36 Å². The van der Waals surface area contributed by atoms with Crippen LogP contribution in [0.2, 0.25) is 0 Å². The first-order valence-corrected chi connectivity index (χ1v) is 10.8. The number of carbonyl (C=O) groups is 1. The van der Waals surface area contributed by atoms with E-state index in [9.17, 15) is 4.79 Å². The molecule has 1 heterocycles. The van der Waals surface area contributed by atoms with Gasteiger partial charge in [0.05, 0.1) is 11.8 Å². The molecule has 3 aromatic rings. The molecule has 0 unspecified atom stereocenters. The Bertz CT molecular complexity index is 956. The van der Waals surface area contributed by atoms with Crippen LogP contribution in [0.1, 0.15) is 11.6 Å². The van der Waals surface area contributed by atoms with Gasteiger partial charge in [0.15, 0.2) is 11.0 Å². The Morgan fingerprint density at radius 2 is 1.80 bits per heavy atom. The minimum absolute atomic E-state index is 0.0304. The van der Waals surface area contributed by atoms with Gasteiger partial charge in [0.1, 0.15) is 0 Å². The average molecular weight is 422 g/mol. The van der Waals surface area contributed by atoms with E-state index >= 15 is 0 Å². The first-order valence-electron chi connectivity index (χ1n) is 9.80. The Hall–Kier alpha value is -2.90. The van der Waals surface area contributed by atoms with Gasteiger partial charge in [0.2, 0.25) is 5.91 Å². The predicted molar refractivity (Wildman–Crippen MR) is 122 cm³/mol. The summed E-state index contributed by atoms with van der Waals surface area (Å²) in [6, 6.07) is 20.2. The number of rotatable bonds is 10. The SMILES string of the molecule is C=CCn1c(SCC(=O)NC[C@H](c2ccccc2)N(C)C)nnc1-c1ccccc1. The van der Waals surface area contributed by atoms with Crippen molar-refractivity contribution in [1.82, 2.24) is 25.0 Å². The normalized spacial score (nSPS) is 12.0. The van der Waals surface area contributed by atoms with Gasteiger partial charge in [-0.05, 0) is 19.7 Å². The summed E-state index contributed by atoms with van der Waals surface area (Å²) in [6.07, 6.45) is 1.81. The Labute approximate surface area is 182 Å². The molecule has 0 saturated heterocycles. The molecule has 2 aromatic carbocycles. The lowest BCUT2D eigenvalue weighted by Gasteiger charge is -2.25. The first-order chi connectivity index (χ1) is 14.6. The molecule has 30 heavy (non-hydrogen) atoms. The quantitative estimate of drug-likeness (QED) is 0.400. The van der Waals surface area contributed by atoms with Crippen LogP contribution in [0.5, 0.6) is 0 Å². The largest absolute Gasteiger partial charge is 0.353 e. The van der Waals surface area contributed by atoms with Gasteiger partial charge in [-0.2, -0.15) is 0 Å². The van der Waals surface area contributed by atoms with Crippen LogP contribution in [-0.2, 0) is 11.3 Å². The number of hydrogen-bond acceptors (Lipinski definition) is 5. The lowest BCUT2D eigenvalue weighted by molar-refractivity contribution is -0.118. The second kappa shape index (κ2) is 10.8. The van der Waals surface area contributed by atoms with Crippen LogP contribution in [0.3, 0.4) is 0 Å². The fraction of sp³-hybridized carbons (Fsp3) is 0.261. The van der Waals surface area contributed by atoms with Gasteiger partial charge >= 0.3 is 0 Å². The summed E-state index contributed by atoms with van der Waals surface area (Å²) in [5.74, 6) is 1.02. The summed E-state index contributed by atoms with van der Waals surface area (Å²) in [7, 11) is 4.03. The minimum Gasteiger partial charge on any atom is -0.353 e. The summed E-state index contributed by atoms with van der Waals surface area (Å²) in [4.78, 5) is 14.6. The number of aromatic nitrogens is 3. The van der Waals surface area contributed by atoms with Crippen molar-refractivity contribution in [2.45, 2.75) is 17.7 Å². The molecule has 1 aromatic heterocycles. The second-order valence-corrected chi connectivity index (χ2v) is 8.00. The van der Waals surface area contributed by atoms with Gasteiger partial charge in [-0.25, -0.2) is 0 Å². The number of hydrogen-bond donors (Lipinski definition) is 1. The third-order valence-corrected chi connectivity index (χ3v) is 5.66. The molecule has 0 aliphatic rings. The summed E-state index contributed by atoms with van der Waals surface area (Å²) in [5, 5.41) is 12.4. The molecule has 0 bridgehead atoms. The van der Waals surface area contributed by atoms with Crippen LogP contribution in [0, 0.1) is 0 Å². The van der Waals surface area contributed by atoms with E-state index in [4.69, 9.17) is 0 Å². The maximum atomic E-state index is 12.5. The maximum absolute atomic E-state index is 12.5. The molecule has 0 saturated carbocycles. The van der Waals surface area contributed by atoms with E-state index < -0.39 is 0 Å². The molecule has 6 nitrogen and oxygen atoms in total. The number of likely N-dealkylation sites (N-methyl/N-ethyl adjacent to an activating group) is 1. The van der Waals surface area contributed by atoms with Crippen molar-refractivity contribution >= 4 is 17.7 Å². The van der Waals surface area contributed by atoms with Crippen molar-refractivity contribution < 1.29 is 4.79 Å². The van der Waals surface area contributed by atoms with E-state index in [2.05, 4.69) is 39.1 Å². The van der Waals surface area contributed by atoms with Crippen LogP contribution >= 0.6 is 11.8 Å². The number of nitrogens with one attached hydrogen (secondary N) is 1. The fourth-order valence-electron chi connectivity index (χ4n) is 3.16. The van der Waals surface area contributed by atoms with Crippen molar-refractivity contribution in [3.63, 3.8) is 0 Å². The number of allylic oxidation sites excluding steroid dienone is 1. The third-order valence-electron chi connectivity index (χ3n) is 4.69. The van der Waals surface area contributed by atoms with Gasteiger partial charge in [0, 0.05) is 18.7 Å². The minimum atomic E-state index is -0.0304. The molecule has 1 amide bonds. The maximum Gasteiger partial charge on any atom is 0.230 e. The molecule has 7 heteroatoms. The number of carbonyl (C=O) groups excluding carboxylic acids is 1. The van der Waals surface area contributed by atoms with Crippen LogP contribution in [0.25, 0.3) is 11.4 Å². The van der Waals surface area contributed by atoms with Crippen molar-refractivity contribution in [2.75, 3.05) is 26.4 Å². The highest BCUT2D eigenvalue weighted by molar-refractivity contribution is 7.99. The highest BCUT2D eigenvalue weighted by Crippen LogP contribution is 2.24. The van der Waals surface area contributed by atoms with E-state index in [1.54, 1.807) is 0 Å². The van der Waals surface area contributed by atoms with Crippen molar-refractivity contribution in [1.29, 1.82) is 0 Å². The lowest BCUT2D eigenvalue weighted by atomic mass is 10.1. The highest BCUT2D eigenvalue weighted by Gasteiger charge is 2.17. The molecule has 0 fully saturated rings. The van der Waals surface area contributed by atoms with E-state index in [-0.39, 0.29) is 17.7 Å². The molecule has 0 aliphatic heterocycles. The summed E-state index contributed by atoms with van der Waals surface area (Å²) >= 11 is 1.38. The van der Waals surface area contributed by atoms with Gasteiger partial charge in [-0.1, -0.05) is 78.5 Å². The number of benzene rings is 2. The zero-order chi connectivity index (χ0) is 21.3. The highest BCUT2D eigenvalue weighted by atomic mass is 32.2. The third kappa shape index (κ3) is 5.58. The summed E-state index contributed by atoms with van der Waals surface area (Å²) in [6.45, 7) is 4.96. The van der Waals surface area contributed by atoms with E-state index in [1.807, 2.05) is 73.3 Å². The zero-order valence-electron chi connectivity index (χ0n) is 17.4. The van der Waals surface area contributed by atoms with Crippen molar-refractivity contribution in [2.24, 2.45) is 0 Å². The molecule has 0 spiro atoms. The number of thioether (sulfide) groups is 1. The molecule has 1 atom stereocenters. The topological polar surface area (TPSA) is 63.1 Å². The molecule has 1 N–H and O–H groups in total. The Morgan fingerprint density at radius 1 is 1.13 bits per heavy atom. The van der Waals surface area contributed by atoms with Gasteiger partial charge < -0.3 is 10.2 Å². The monoisotopic (exact) mass is 421 g/mol. The standard InChI is InChI=1S/C23H27N5OS/c1-4-15-28-22(19-13-9-6-10-14-19)25-26-23(28)30-17-21(29)24-16-20(27(2)3)18-11-7-5-8-12-18/h4-14,20H,1,15-17H2,2-3H3,(H,24,29)/t20-/m1/s1. The molecular formula is C23H27N5OS. The van der Waals surface area contributed by atoms with Crippen LogP contribution < -0.4 is 5.32 Å². The molecule has 3 rings (SSSR count). The molecular weight excluding hydrogens is 394 g/mol. The van der Waals surface area contributed by atoms with E-state index in [1.165, 1.54) is 17.3 Å². The predicted octanol–water partition coefficient (Wildman–Crippen LogP) is 3.64. The van der Waals surface area contributed by atoms with Crippen LogP contribution in [0.15, 0.2) is 78.5 Å². The number of amides is 1. The lowest BCUT2D eigenvalue weighted by Crippen LogP contribution is -2.35. The van der Waals surface area contributed by atoms with Crippen LogP contribution in [0.4, 0.5) is 0 Å². The summed E-state index contributed by atoms with van der Waals surface area (Å²) < 4.78 is 1.98. The smallest absolute Gasteiger partial charge is 0.230 e. The first kappa shape index (κ1) is 21.8. The zero-order valence-corrected chi connectivity index (χ0v) is 18.2. The van der Waals surface area contributed by atoms with Gasteiger partial charge in [0.25, 0.3) is 0 Å². The average Bonchev–Trinajstić information content (AvgIpc) is 3.16. The summed E-state index contributed by atoms with van der Waals surface area (Å²) in [5.41, 5.74) is 2.16. The Kier molecular flexibility index (Phi) is 7.82. The van der Waals surface area contributed by atoms with Crippen molar-refractivity contribution in [3.05, 3.63) is 78.9 Å². The Morgan fingerprint density at radius 3 is 2.43 bits per heavy atom. The molecule has 156 valence electrons. The van der Waals surface area contributed by atoms with Crippen LogP contribution in [-0.4, -0.2) is 52.0 Å². The Balaban J connectivity index is 1.62. The second-order valence-electron chi connectivity index (χ2n) is 7.05. The van der Waals surface area contributed by atoms with Crippen molar-refractivity contribution in [3.8, 4) is 11.4 Å². The molecule has 0 aliphatic carbocycles. The number of nitrogens with zero attached hydrogens (tertiary/aromatic N) is 4. The molecule has 0 radical (unpaired) electrons. The van der Waals surface area contributed by atoms with E-state index in [0.29, 0.717) is 18.2 Å². The fourth-order valence-corrected chi connectivity index (χ4v) is 3.93.